The van der Waals surface area contributed by atoms with Crippen molar-refractivity contribution in [2.24, 2.45) is 0 Å². The lowest BCUT2D eigenvalue weighted by Gasteiger charge is -2.09. The summed E-state index contributed by atoms with van der Waals surface area (Å²) in [7, 11) is 1.00. The van der Waals surface area contributed by atoms with Crippen LogP contribution in [0.15, 0.2) is 24.4 Å². The molecule has 1 aromatic carbocycles. The number of benzene rings is 1. The second-order valence-electron chi connectivity index (χ2n) is 5.19. The highest BCUT2D eigenvalue weighted by Crippen LogP contribution is 2.16. The monoisotopic (exact) mass is 326 g/mol. The molecule has 1 aliphatic heterocycles. The Bertz CT molecular complexity index is 479. The quantitative estimate of drug-likeness (QED) is 0.745. The second kappa shape index (κ2) is 12.4. The zero-order chi connectivity index (χ0) is 16.0. The average molecular weight is 327 g/mol. The molecule has 22 heavy (non-hydrogen) atoms. The number of aromatic amines is 1. The molecule has 0 bridgehead atoms. The predicted molar refractivity (Wildman–Crippen MR) is 92.4 cm³/mol. The largest absolute Gasteiger partial charge is 0.400 e. The standard InChI is InChI=1S/C7H5ClN2.C6H12.C3H6O.CH4O/c8-6-1-2-7-5(3-6)4-9-10-7;1-2-4-6-5-3-1;1-2-4-3-1;1-2/h1-4H,(H,9,10);1-6H2;1-3H2;2H,1H3. The lowest BCUT2D eigenvalue weighted by Crippen LogP contribution is -2.09. The minimum atomic E-state index is 0.744. The molecule has 1 aromatic heterocycles. The van der Waals surface area contributed by atoms with Gasteiger partial charge in [-0.25, -0.2) is 0 Å². The highest BCUT2D eigenvalue weighted by molar-refractivity contribution is 6.31. The zero-order valence-corrected chi connectivity index (χ0v) is 14.1. The number of hydrogen-bond acceptors (Lipinski definition) is 3. The summed E-state index contributed by atoms with van der Waals surface area (Å²) in [6, 6.07) is 5.62. The van der Waals surface area contributed by atoms with Crippen LogP contribution in [0.25, 0.3) is 10.9 Å². The van der Waals surface area contributed by atoms with Crippen LogP contribution >= 0.6 is 11.6 Å². The minimum Gasteiger partial charge on any atom is -0.400 e. The Morgan fingerprint density at radius 3 is 1.95 bits per heavy atom. The van der Waals surface area contributed by atoms with Gasteiger partial charge in [0.05, 0.1) is 11.7 Å². The van der Waals surface area contributed by atoms with E-state index in [1.165, 1.54) is 44.9 Å². The Morgan fingerprint density at radius 1 is 1.00 bits per heavy atom. The van der Waals surface area contributed by atoms with E-state index in [2.05, 4.69) is 10.2 Å². The molecule has 0 amide bonds. The first kappa shape index (κ1) is 18.9. The normalized spacial score (nSPS) is 16.0. The minimum absolute atomic E-state index is 0.744. The van der Waals surface area contributed by atoms with Crippen LogP contribution in [0.2, 0.25) is 5.02 Å². The Balaban J connectivity index is 0.000000172. The van der Waals surface area contributed by atoms with Gasteiger partial charge in [0.25, 0.3) is 0 Å². The van der Waals surface area contributed by atoms with Gasteiger partial charge in [-0.1, -0.05) is 50.1 Å². The number of nitrogens with one attached hydrogen (secondary N) is 1. The van der Waals surface area contributed by atoms with Crippen LogP contribution in [0.4, 0.5) is 0 Å². The summed E-state index contributed by atoms with van der Waals surface area (Å²) in [4.78, 5) is 0. The third-order valence-electron chi connectivity index (χ3n) is 3.48. The number of nitrogens with zero attached hydrogens (tertiary/aromatic N) is 1. The summed E-state index contributed by atoms with van der Waals surface area (Å²) >= 11 is 5.73. The third-order valence-corrected chi connectivity index (χ3v) is 3.71. The van der Waals surface area contributed by atoms with Gasteiger partial charge in [-0.05, 0) is 24.6 Å². The van der Waals surface area contributed by atoms with E-state index in [-0.39, 0.29) is 0 Å². The van der Waals surface area contributed by atoms with Gasteiger partial charge in [-0.15, -0.1) is 0 Å². The van der Waals surface area contributed by atoms with E-state index in [1.807, 2.05) is 18.2 Å². The number of aliphatic hydroxyl groups excluding tert-OH is 1. The van der Waals surface area contributed by atoms with E-state index < -0.39 is 0 Å². The molecule has 5 heteroatoms. The zero-order valence-electron chi connectivity index (χ0n) is 13.4. The van der Waals surface area contributed by atoms with Crippen molar-refractivity contribution < 1.29 is 9.84 Å². The molecule has 2 heterocycles. The van der Waals surface area contributed by atoms with Gasteiger partial charge in [0.2, 0.25) is 0 Å². The van der Waals surface area contributed by atoms with Crippen molar-refractivity contribution in [2.75, 3.05) is 20.3 Å². The number of fused-ring (bicyclic) bond motifs is 1. The average Bonchev–Trinajstić information content (AvgIpc) is 2.97. The molecule has 1 aliphatic carbocycles. The Hall–Kier alpha value is -1.10. The molecule has 0 spiro atoms. The van der Waals surface area contributed by atoms with Crippen LogP contribution in [-0.4, -0.2) is 35.6 Å². The second-order valence-corrected chi connectivity index (χ2v) is 5.63. The number of ether oxygens (including phenoxy) is 1. The molecule has 1 saturated heterocycles. The van der Waals surface area contributed by atoms with Gasteiger partial charge in [0.15, 0.2) is 0 Å². The van der Waals surface area contributed by atoms with Crippen LogP contribution in [0.1, 0.15) is 44.9 Å². The highest BCUT2D eigenvalue weighted by Gasteiger charge is 1.96. The fourth-order valence-electron chi connectivity index (χ4n) is 2.12. The van der Waals surface area contributed by atoms with E-state index in [0.717, 1.165) is 36.2 Å². The molecule has 2 fully saturated rings. The Kier molecular flexibility index (Phi) is 10.7. The van der Waals surface area contributed by atoms with E-state index in [4.69, 9.17) is 21.4 Å². The number of halogens is 1. The summed E-state index contributed by atoms with van der Waals surface area (Å²) in [5, 5.41) is 15.5. The topological polar surface area (TPSA) is 58.1 Å². The van der Waals surface area contributed by atoms with Crippen molar-refractivity contribution in [2.45, 2.75) is 44.9 Å². The number of H-pyrrole nitrogens is 1. The number of aliphatic hydroxyl groups is 1. The fourth-order valence-corrected chi connectivity index (χ4v) is 2.30. The van der Waals surface area contributed by atoms with Crippen LogP contribution in [0, 0.1) is 0 Å². The molecule has 0 radical (unpaired) electrons. The Morgan fingerprint density at radius 2 is 1.50 bits per heavy atom. The summed E-state index contributed by atoms with van der Waals surface area (Å²) in [5.74, 6) is 0. The molecule has 2 aromatic rings. The van der Waals surface area contributed by atoms with Gasteiger partial charge in [0.1, 0.15) is 0 Å². The molecular formula is C17H27ClN2O2. The lowest BCUT2D eigenvalue weighted by atomic mass is 10.0. The Labute approximate surface area is 137 Å². The van der Waals surface area contributed by atoms with E-state index >= 15 is 0 Å². The first-order chi connectivity index (χ1) is 10.9. The summed E-state index contributed by atoms with van der Waals surface area (Å²) in [5.41, 5.74) is 1.02. The predicted octanol–water partition coefficient (Wildman–Crippen LogP) is 4.57. The molecule has 2 N–H and O–H groups in total. The van der Waals surface area contributed by atoms with Crippen LogP contribution < -0.4 is 0 Å². The number of rotatable bonds is 0. The van der Waals surface area contributed by atoms with Crippen LogP contribution in [-0.2, 0) is 4.74 Å². The molecule has 0 atom stereocenters. The maximum Gasteiger partial charge on any atom is 0.0651 e. The van der Waals surface area contributed by atoms with Gasteiger partial charge in [-0.2, -0.15) is 5.10 Å². The van der Waals surface area contributed by atoms with Crippen molar-refractivity contribution >= 4 is 22.5 Å². The van der Waals surface area contributed by atoms with Crippen molar-refractivity contribution in [3.63, 3.8) is 0 Å². The molecule has 2 aliphatic rings. The maximum atomic E-state index is 7.00. The van der Waals surface area contributed by atoms with Gasteiger partial charge < -0.3 is 9.84 Å². The van der Waals surface area contributed by atoms with E-state index in [0.29, 0.717) is 0 Å². The highest BCUT2D eigenvalue weighted by atomic mass is 35.5. The van der Waals surface area contributed by atoms with E-state index in [1.54, 1.807) is 6.20 Å². The smallest absolute Gasteiger partial charge is 0.0651 e. The van der Waals surface area contributed by atoms with E-state index in [9.17, 15) is 0 Å². The lowest BCUT2D eigenvalue weighted by molar-refractivity contribution is 0.0367. The number of hydrogen-bond donors (Lipinski definition) is 2. The summed E-state index contributed by atoms with van der Waals surface area (Å²) < 4.78 is 4.72. The van der Waals surface area contributed by atoms with Gasteiger partial charge in [-0.3, -0.25) is 5.10 Å². The summed E-state index contributed by atoms with van der Waals surface area (Å²) in [6.45, 7) is 2.00. The first-order valence-corrected chi connectivity index (χ1v) is 8.35. The van der Waals surface area contributed by atoms with Gasteiger partial charge in [0, 0.05) is 30.7 Å². The van der Waals surface area contributed by atoms with Crippen molar-refractivity contribution in [3.8, 4) is 0 Å². The molecule has 0 unspecified atom stereocenters. The van der Waals surface area contributed by atoms with Gasteiger partial charge >= 0.3 is 0 Å². The first-order valence-electron chi connectivity index (χ1n) is 7.97. The fraction of sp³-hybridized carbons (Fsp3) is 0.588. The molecular weight excluding hydrogens is 300 g/mol. The molecule has 4 nitrogen and oxygen atoms in total. The third kappa shape index (κ3) is 7.78. The molecule has 1 saturated carbocycles. The number of aromatic nitrogens is 2. The van der Waals surface area contributed by atoms with Crippen LogP contribution in [0.3, 0.4) is 0 Å². The summed E-state index contributed by atoms with van der Waals surface area (Å²) in [6.07, 6.45) is 12.0. The molecule has 4 rings (SSSR count). The van der Waals surface area contributed by atoms with Crippen molar-refractivity contribution in [3.05, 3.63) is 29.4 Å². The van der Waals surface area contributed by atoms with Crippen LogP contribution in [0.5, 0.6) is 0 Å². The SMILES string of the molecule is C1CCCCC1.C1COC1.CO.Clc1ccc2[nH]ncc2c1. The van der Waals surface area contributed by atoms with Crippen molar-refractivity contribution in [1.29, 1.82) is 0 Å². The maximum absolute atomic E-state index is 7.00. The van der Waals surface area contributed by atoms with Crippen molar-refractivity contribution in [1.82, 2.24) is 10.2 Å². The molecule has 124 valence electrons.